The first-order valence-corrected chi connectivity index (χ1v) is 13.0. The van der Waals surface area contributed by atoms with Gasteiger partial charge in [-0.3, -0.25) is 9.78 Å². The van der Waals surface area contributed by atoms with Crippen LogP contribution in [-0.4, -0.2) is 45.4 Å². The number of rotatable bonds is 5. The Morgan fingerprint density at radius 3 is 2.82 bits per heavy atom. The summed E-state index contributed by atoms with van der Waals surface area (Å²) in [6.07, 6.45) is 3.62. The van der Waals surface area contributed by atoms with Crippen LogP contribution in [-0.2, 0) is 24.0 Å². The molecular weight excluding hydrogens is 488 g/mol. The van der Waals surface area contributed by atoms with E-state index in [1.165, 1.54) is 17.2 Å². The molecule has 3 heterocycles. The van der Waals surface area contributed by atoms with Crippen molar-refractivity contribution in [2.75, 3.05) is 13.1 Å². The molecule has 1 saturated heterocycles. The van der Waals surface area contributed by atoms with Crippen LogP contribution in [0.1, 0.15) is 62.8 Å². The number of carbonyl (C=O) groups excluding carboxylic acids is 1. The number of hydrogen-bond donors (Lipinski definition) is 1. The quantitative estimate of drug-likeness (QED) is 0.504. The molecule has 2 aliphatic rings. The summed E-state index contributed by atoms with van der Waals surface area (Å²) >= 11 is 0. The van der Waals surface area contributed by atoms with E-state index >= 15 is 0 Å². The molecule has 1 aliphatic heterocycles. The first kappa shape index (κ1) is 25.7. The molecule has 1 aliphatic carbocycles. The van der Waals surface area contributed by atoms with E-state index in [0.717, 1.165) is 30.5 Å². The third kappa shape index (κ3) is 5.49. The minimum atomic E-state index is -0.569. The predicted molar refractivity (Wildman–Crippen MR) is 142 cm³/mol. The molecule has 0 spiro atoms. The molecule has 2 aromatic heterocycles. The van der Waals surface area contributed by atoms with Gasteiger partial charge in [-0.2, -0.15) is 4.98 Å². The Labute approximate surface area is 219 Å². The molecule has 38 heavy (non-hydrogen) atoms. The number of amides is 1. The van der Waals surface area contributed by atoms with Gasteiger partial charge in [-0.25, -0.2) is 9.59 Å². The van der Waals surface area contributed by atoms with Crippen LogP contribution in [0, 0.1) is 5.92 Å². The molecule has 1 amide bonds. The fourth-order valence-electron chi connectivity index (χ4n) is 5.12. The summed E-state index contributed by atoms with van der Waals surface area (Å²) in [7, 11) is 0. The fraction of sp³-hybridized carbons (Fsp3) is 0.464. The van der Waals surface area contributed by atoms with E-state index in [9.17, 15) is 14.4 Å². The van der Waals surface area contributed by atoms with Crippen molar-refractivity contribution in [1.82, 2.24) is 14.9 Å². The average molecular weight is 521 g/mol. The monoisotopic (exact) mass is 520 g/mol. The van der Waals surface area contributed by atoms with Gasteiger partial charge >= 0.3 is 17.7 Å². The topological polar surface area (TPSA) is 127 Å². The lowest BCUT2D eigenvalue weighted by Crippen LogP contribution is -2.35. The Balaban J connectivity index is 1.26. The summed E-state index contributed by atoms with van der Waals surface area (Å²) < 4.78 is 10.6. The number of nitrogens with one attached hydrogen (secondary N) is 1. The smallest absolute Gasteiger partial charge is 0.410 e. The molecule has 1 N–H and O–H groups in total. The van der Waals surface area contributed by atoms with E-state index in [1.807, 2.05) is 33.8 Å². The number of oxime groups is 1. The van der Waals surface area contributed by atoms with Gasteiger partial charge in [-0.1, -0.05) is 30.3 Å². The van der Waals surface area contributed by atoms with Gasteiger partial charge in [0.05, 0.1) is 5.71 Å². The number of ether oxygens (including phenoxy) is 1. The molecule has 1 fully saturated rings. The Hall–Kier alpha value is -3.95. The lowest BCUT2D eigenvalue weighted by Gasteiger charge is -2.24. The van der Waals surface area contributed by atoms with Crippen LogP contribution in [0.3, 0.4) is 0 Å². The predicted octanol–water partition coefficient (Wildman–Crippen LogP) is 3.97. The van der Waals surface area contributed by atoms with Crippen LogP contribution in [0.2, 0.25) is 0 Å². The van der Waals surface area contributed by atoms with Crippen molar-refractivity contribution in [3.8, 4) is 6.01 Å². The van der Waals surface area contributed by atoms with Crippen molar-refractivity contribution in [1.29, 1.82) is 0 Å². The number of benzene rings is 1. The maximum atomic E-state index is 12.6. The number of nitrogens with zero attached hydrogens (tertiary/aromatic N) is 3. The Morgan fingerprint density at radius 1 is 1.24 bits per heavy atom. The lowest BCUT2D eigenvalue weighted by molar-refractivity contribution is 0.0288. The molecule has 1 unspecified atom stereocenters. The minimum absolute atomic E-state index is 0.0677. The normalized spacial score (nSPS) is 18.3. The number of likely N-dealkylation sites (tertiary alicyclic amines) is 1. The number of carbonyl (C=O) groups is 1. The highest BCUT2D eigenvalue weighted by Gasteiger charge is 2.30. The van der Waals surface area contributed by atoms with Gasteiger partial charge < -0.3 is 18.9 Å². The molecule has 0 bridgehead atoms. The van der Waals surface area contributed by atoms with Crippen LogP contribution < -0.4 is 16.0 Å². The van der Waals surface area contributed by atoms with Crippen molar-refractivity contribution < 1.29 is 18.8 Å². The molecule has 10 heteroatoms. The summed E-state index contributed by atoms with van der Waals surface area (Å²) in [6, 6.07) is 7.50. The van der Waals surface area contributed by atoms with E-state index < -0.39 is 16.8 Å². The van der Waals surface area contributed by atoms with E-state index in [2.05, 4.69) is 27.3 Å². The third-order valence-electron chi connectivity index (χ3n) is 6.87. The van der Waals surface area contributed by atoms with Crippen LogP contribution in [0.4, 0.5) is 4.79 Å². The van der Waals surface area contributed by atoms with Crippen molar-refractivity contribution in [3.63, 3.8) is 0 Å². The number of aryl methyl sites for hydroxylation is 2. The first-order chi connectivity index (χ1) is 18.1. The molecule has 1 atom stereocenters. The van der Waals surface area contributed by atoms with E-state index in [4.69, 9.17) is 14.0 Å². The van der Waals surface area contributed by atoms with Gasteiger partial charge in [-0.15, -0.1) is 0 Å². The molecule has 0 radical (unpaired) electrons. The van der Waals surface area contributed by atoms with Crippen LogP contribution in [0.15, 0.2) is 43.4 Å². The molecule has 200 valence electrons. The molecule has 0 saturated carbocycles. The lowest BCUT2D eigenvalue weighted by atomic mass is 9.96. The van der Waals surface area contributed by atoms with Crippen LogP contribution in [0.25, 0.3) is 11.1 Å². The van der Waals surface area contributed by atoms with Gasteiger partial charge in [0.1, 0.15) is 11.0 Å². The number of aromatic nitrogens is 2. The van der Waals surface area contributed by atoms with Crippen molar-refractivity contribution in [2.24, 2.45) is 11.1 Å². The van der Waals surface area contributed by atoms with Crippen molar-refractivity contribution in [2.45, 2.75) is 65.4 Å². The van der Waals surface area contributed by atoms with Gasteiger partial charge in [0, 0.05) is 24.7 Å². The Morgan fingerprint density at radius 2 is 2.05 bits per heavy atom. The highest BCUT2D eigenvalue weighted by molar-refractivity contribution is 6.04. The van der Waals surface area contributed by atoms with Crippen LogP contribution >= 0.6 is 0 Å². The second-order valence-electron chi connectivity index (χ2n) is 10.9. The van der Waals surface area contributed by atoms with E-state index in [0.29, 0.717) is 37.4 Å². The fourth-order valence-corrected chi connectivity index (χ4v) is 5.12. The number of hydrogen-bond acceptors (Lipinski definition) is 8. The molecule has 5 rings (SSSR count). The molecule has 10 nitrogen and oxygen atoms in total. The largest absolute Gasteiger partial charge is 0.444 e. The summed E-state index contributed by atoms with van der Waals surface area (Å²) in [6.45, 7) is 8.90. The average Bonchev–Trinajstić information content (AvgIpc) is 3.47. The summed E-state index contributed by atoms with van der Waals surface area (Å²) in [5.74, 6) is 0.391. The molecule has 1 aromatic carbocycles. The van der Waals surface area contributed by atoms with E-state index in [-0.39, 0.29) is 23.2 Å². The minimum Gasteiger partial charge on any atom is -0.444 e. The Bertz CT molecular complexity index is 1530. The first-order valence-electron chi connectivity index (χ1n) is 13.0. The third-order valence-corrected chi connectivity index (χ3v) is 6.87. The summed E-state index contributed by atoms with van der Waals surface area (Å²) in [5.41, 5.74) is 3.16. The van der Waals surface area contributed by atoms with Gasteiger partial charge in [-0.05, 0) is 75.5 Å². The zero-order chi connectivity index (χ0) is 27.0. The van der Waals surface area contributed by atoms with Crippen molar-refractivity contribution >= 4 is 22.9 Å². The van der Waals surface area contributed by atoms with Gasteiger partial charge in [0.2, 0.25) is 5.71 Å². The number of fused-ring (bicyclic) bond motifs is 2. The van der Waals surface area contributed by atoms with Crippen LogP contribution in [0.5, 0.6) is 6.01 Å². The maximum absolute atomic E-state index is 12.6. The zero-order valence-corrected chi connectivity index (χ0v) is 22.1. The standard InChI is InChI=1S/C28H32N4O6/c1-5-18-14-22(33)36-25-23(18)24(34)29-26(30-25)38-31-21-9-7-19-13-16(6-8-20(19)21)12-17-10-11-32(15-17)27(35)37-28(2,3)4/h6,8,13-14,17H,5,7,9-12,15H2,1-4H3,(H,29,30,34)/b31-21-. The maximum Gasteiger partial charge on any atom is 0.410 e. The Kier molecular flexibility index (Phi) is 6.81. The van der Waals surface area contributed by atoms with Crippen molar-refractivity contribution in [3.05, 3.63) is 67.3 Å². The SMILES string of the molecule is CCc1cc(=O)oc2nc(O/N=C3/CCc4cc(CC5CCN(C(=O)OC(C)(C)C)C5)ccc43)[nH]c(=O)c12. The van der Waals surface area contributed by atoms with E-state index in [1.54, 1.807) is 4.90 Å². The zero-order valence-electron chi connectivity index (χ0n) is 22.1. The molecular formula is C28H32N4O6. The van der Waals surface area contributed by atoms with Gasteiger partial charge in [0.25, 0.3) is 5.56 Å². The highest BCUT2D eigenvalue weighted by Crippen LogP contribution is 2.28. The highest BCUT2D eigenvalue weighted by atomic mass is 16.6. The summed E-state index contributed by atoms with van der Waals surface area (Å²) in [5, 5.41) is 4.48. The summed E-state index contributed by atoms with van der Waals surface area (Å²) in [4.78, 5) is 50.7. The second-order valence-corrected chi connectivity index (χ2v) is 10.9. The number of aromatic amines is 1. The second kappa shape index (κ2) is 10.1. The van der Waals surface area contributed by atoms with Gasteiger partial charge in [0.15, 0.2) is 0 Å². The molecule has 3 aromatic rings. The number of H-pyrrole nitrogens is 1.